The zero-order valence-electron chi connectivity index (χ0n) is 9.87. The lowest BCUT2D eigenvalue weighted by Gasteiger charge is -2.05. The minimum atomic E-state index is -3.43. The van der Waals surface area contributed by atoms with Gasteiger partial charge in [0.1, 0.15) is 0 Å². The lowest BCUT2D eigenvalue weighted by molar-refractivity contribution is 0.0668. The van der Waals surface area contributed by atoms with E-state index in [0.29, 0.717) is 0 Å². The molecule has 0 aromatic carbocycles. The third-order valence-corrected chi connectivity index (χ3v) is 3.69. The first-order valence-corrected chi connectivity index (χ1v) is 8.22. The Morgan fingerprint density at radius 2 is 1.56 bits per heavy atom. The SMILES string of the molecule is C=CS(=O)(=O)COCCOCCNS(=O)(=O)C=C. The second-order valence-corrected chi connectivity index (χ2v) is 6.68. The van der Waals surface area contributed by atoms with Crippen molar-refractivity contribution in [1.82, 2.24) is 4.72 Å². The number of sulfone groups is 1. The van der Waals surface area contributed by atoms with Crippen LogP contribution in [0.2, 0.25) is 0 Å². The van der Waals surface area contributed by atoms with E-state index in [1.807, 2.05) is 0 Å². The van der Waals surface area contributed by atoms with E-state index in [9.17, 15) is 16.8 Å². The summed E-state index contributed by atoms with van der Waals surface area (Å²) in [5, 5.41) is 1.62. The maximum atomic E-state index is 10.9. The topological polar surface area (TPSA) is 98.8 Å². The van der Waals surface area contributed by atoms with Crippen molar-refractivity contribution in [3.05, 3.63) is 24.0 Å². The molecule has 0 fully saturated rings. The van der Waals surface area contributed by atoms with Crippen LogP contribution in [0.25, 0.3) is 0 Å². The Morgan fingerprint density at radius 1 is 0.944 bits per heavy atom. The third-order valence-electron chi connectivity index (χ3n) is 1.64. The lowest BCUT2D eigenvalue weighted by Crippen LogP contribution is -2.25. The van der Waals surface area contributed by atoms with Crippen LogP contribution >= 0.6 is 0 Å². The Kier molecular flexibility index (Phi) is 8.03. The van der Waals surface area contributed by atoms with Crippen molar-refractivity contribution < 1.29 is 26.3 Å². The van der Waals surface area contributed by atoms with Crippen molar-refractivity contribution in [3.63, 3.8) is 0 Å². The molecule has 0 radical (unpaired) electrons. The first kappa shape index (κ1) is 17.3. The highest BCUT2D eigenvalue weighted by Crippen LogP contribution is 1.91. The molecular formula is C9H17NO6S2. The maximum absolute atomic E-state index is 10.9. The number of rotatable bonds is 11. The molecule has 0 unspecified atom stereocenters. The summed E-state index contributed by atoms with van der Waals surface area (Å²) in [6, 6.07) is 0. The van der Waals surface area contributed by atoms with Gasteiger partial charge in [-0.2, -0.15) is 0 Å². The number of hydrogen-bond donors (Lipinski definition) is 1. The van der Waals surface area contributed by atoms with E-state index in [4.69, 9.17) is 9.47 Å². The third kappa shape index (κ3) is 9.31. The zero-order chi connectivity index (χ0) is 14.1. The van der Waals surface area contributed by atoms with E-state index in [-0.39, 0.29) is 26.4 Å². The first-order valence-electron chi connectivity index (χ1n) is 4.96. The monoisotopic (exact) mass is 299 g/mol. The summed E-state index contributed by atoms with van der Waals surface area (Å²) in [4.78, 5) is 0. The second-order valence-electron chi connectivity index (χ2n) is 3.07. The first-order chi connectivity index (χ1) is 8.33. The van der Waals surface area contributed by atoms with Crippen molar-refractivity contribution in [2.75, 3.05) is 32.3 Å². The van der Waals surface area contributed by atoms with Gasteiger partial charge in [-0.25, -0.2) is 21.6 Å². The molecule has 0 saturated heterocycles. The quantitative estimate of drug-likeness (QED) is 0.521. The molecule has 9 heteroatoms. The molecule has 0 aliphatic heterocycles. The summed E-state index contributed by atoms with van der Waals surface area (Å²) in [6.07, 6.45) is 0. The fourth-order valence-corrected chi connectivity index (χ4v) is 1.69. The molecule has 0 rings (SSSR count). The summed E-state index contributed by atoms with van der Waals surface area (Å²) in [7, 11) is -6.78. The van der Waals surface area contributed by atoms with E-state index >= 15 is 0 Å². The molecule has 18 heavy (non-hydrogen) atoms. The van der Waals surface area contributed by atoms with Gasteiger partial charge in [0, 0.05) is 17.4 Å². The molecule has 0 aliphatic carbocycles. The molecule has 0 amide bonds. The molecule has 7 nitrogen and oxygen atoms in total. The number of sulfonamides is 1. The summed E-state index contributed by atoms with van der Waals surface area (Å²) in [6.45, 7) is 6.79. The van der Waals surface area contributed by atoms with Gasteiger partial charge in [0.05, 0.1) is 19.8 Å². The van der Waals surface area contributed by atoms with Crippen LogP contribution in [-0.2, 0) is 29.3 Å². The van der Waals surface area contributed by atoms with E-state index in [1.54, 1.807) is 0 Å². The number of hydrogen-bond acceptors (Lipinski definition) is 6. The summed E-state index contributed by atoms with van der Waals surface area (Å²) in [5.74, 6) is -0.442. The summed E-state index contributed by atoms with van der Waals surface area (Å²) in [5.41, 5.74) is 0. The van der Waals surface area contributed by atoms with Crippen molar-refractivity contribution in [1.29, 1.82) is 0 Å². The second kappa shape index (κ2) is 8.38. The van der Waals surface area contributed by atoms with Gasteiger partial charge in [-0.3, -0.25) is 0 Å². The van der Waals surface area contributed by atoms with Crippen molar-refractivity contribution >= 4 is 19.9 Å². The summed E-state index contributed by atoms with van der Waals surface area (Å²) >= 11 is 0. The molecule has 106 valence electrons. The zero-order valence-corrected chi connectivity index (χ0v) is 11.5. The van der Waals surface area contributed by atoms with Gasteiger partial charge >= 0.3 is 0 Å². The molecule has 0 aromatic heterocycles. The van der Waals surface area contributed by atoms with E-state index in [2.05, 4.69) is 17.9 Å². The number of nitrogens with one attached hydrogen (secondary N) is 1. The van der Waals surface area contributed by atoms with Gasteiger partial charge in [0.15, 0.2) is 15.8 Å². The molecule has 0 bridgehead atoms. The van der Waals surface area contributed by atoms with Crippen molar-refractivity contribution in [2.45, 2.75) is 0 Å². The van der Waals surface area contributed by atoms with Crippen LogP contribution in [0.3, 0.4) is 0 Å². The Hall–Kier alpha value is -0.740. The Labute approximate surface area is 107 Å². The Morgan fingerprint density at radius 3 is 2.11 bits per heavy atom. The normalized spacial score (nSPS) is 12.2. The molecule has 0 atom stereocenters. The largest absolute Gasteiger partial charge is 0.378 e. The molecule has 0 saturated carbocycles. The standard InChI is InChI=1S/C9H17NO6S2/c1-3-17(11,12)9-16-8-7-15-6-5-10-18(13,14)4-2/h3-4,10H,1-2,5-9H2. The van der Waals surface area contributed by atoms with Gasteiger partial charge in [0.2, 0.25) is 10.0 Å². The molecular weight excluding hydrogens is 282 g/mol. The van der Waals surface area contributed by atoms with Gasteiger partial charge in [-0.05, 0) is 0 Å². The highest BCUT2D eigenvalue weighted by Gasteiger charge is 2.04. The van der Waals surface area contributed by atoms with Crippen LogP contribution in [0.4, 0.5) is 0 Å². The van der Waals surface area contributed by atoms with Crippen LogP contribution in [0, 0.1) is 0 Å². The van der Waals surface area contributed by atoms with E-state index in [1.165, 1.54) is 0 Å². The average Bonchev–Trinajstić information content (AvgIpc) is 2.32. The predicted octanol–water partition coefficient (Wildman–Crippen LogP) is -0.402. The Balaban J connectivity index is 3.48. The van der Waals surface area contributed by atoms with Crippen LogP contribution in [0.1, 0.15) is 0 Å². The predicted molar refractivity (Wildman–Crippen MR) is 67.9 cm³/mol. The van der Waals surface area contributed by atoms with Crippen molar-refractivity contribution in [3.8, 4) is 0 Å². The molecule has 0 aliphatic rings. The molecule has 1 N–H and O–H groups in total. The molecule has 0 heterocycles. The highest BCUT2D eigenvalue weighted by atomic mass is 32.2. The van der Waals surface area contributed by atoms with E-state index in [0.717, 1.165) is 10.8 Å². The number of ether oxygens (including phenoxy) is 2. The van der Waals surface area contributed by atoms with Gasteiger partial charge in [-0.1, -0.05) is 13.2 Å². The smallest absolute Gasteiger partial charge is 0.233 e. The fraction of sp³-hybridized carbons (Fsp3) is 0.556. The maximum Gasteiger partial charge on any atom is 0.233 e. The lowest BCUT2D eigenvalue weighted by atomic mass is 10.7. The summed E-state index contributed by atoms with van der Waals surface area (Å²) < 4.78 is 55.6. The minimum Gasteiger partial charge on any atom is -0.378 e. The van der Waals surface area contributed by atoms with Gasteiger partial charge in [0.25, 0.3) is 0 Å². The van der Waals surface area contributed by atoms with Crippen LogP contribution in [0.15, 0.2) is 24.0 Å². The fourth-order valence-electron chi connectivity index (χ4n) is 0.758. The Bertz CT molecular complexity index is 409. The highest BCUT2D eigenvalue weighted by molar-refractivity contribution is 7.94. The molecule has 0 spiro atoms. The minimum absolute atomic E-state index is 0.0985. The van der Waals surface area contributed by atoms with Crippen LogP contribution in [0.5, 0.6) is 0 Å². The van der Waals surface area contributed by atoms with Crippen LogP contribution < -0.4 is 4.72 Å². The van der Waals surface area contributed by atoms with Crippen LogP contribution in [-0.4, -0.2) is 49.1 Å². The molecule has 0 aromatic rings. The van der Waals surface area contributed by atoms with Crippen molar-refractivity contribution in [2.24, 2.45) is 0 Å². The van der Waals surface area contributed by atoms with E-state index < -0.39 is 25.8 Å². The van der Waals surface area contributed by atoms with Gasteiger partial charge < -0.3 is 9.47 Å². The average molecular weight is 299 g/mol. The van der Waals surface area contributed by atoms with Gasteiger partial charge in [-0.15, -0.1) is 0 Å².